The summed E-state index contributed by atoms with van der Waals surface area (Å²) >= 11 is 0. The molecule has 1 aliphatic heterocycles. The highest BCUT2D eigenvalue weighted by atomic mass is 32.2. The Morgan fingerprint density at radius 3 is 2.33 bits per heavy atom. The lowest BCUT2D eigenvalue weighted by Crippen LogP contribution is -2.51. The van der Waals surface area contributed by atoms with Crippen molar-refractivity contribution in [3.63, 3.8) is 0 Å². The minimum absolute atomic E-state index is 0.114. The normalized spacial score (nSPS) is 15.1. The molecule has 0 bridgehead atoms. The van der Waals surface area contributed by atoms with Crippen molar-refractivity contribution in [2.24, 2.45) is 0 Å². The summed E-state index contributed by atoms with van der Waals surface area (Å²) in [5.74, 6) is -1.32. The Hall–Kier alpha value is -3.27. The number of benzene rings is 2. The number of carbonyl (C=O) groups excluding carboxylic acids is 1. The summed E-state index contributed by atoms with van der Waals surface area (Å²) in [5, 5.41) is 6.99. The molecule has 0 unspecified atom stereocenters. The van der Waals surface area contributed by atoms with Crippen LogP contribution in [0, 0.1) is 0 Å². The lowest BCUT2D eigenvalue weighted by atomic mass is 9.99. The Bertz CT molecular complexity index is 1100. The van der Waals surface area contributed by atoms with Crippen LogP contribution in [0.3, 0.4) is 0 Å². The van der Waals surface area contributed by atoms with Crippen molar-refractivity contribution in [3.05, 3.63) is 71.3 Å². The third-order valence-electron chi connectivity index (χ3n) is 4.39. The second-order valence-electron chi connectivity index (χ2n) is 6.46. The van der Waals surface area contributed by atoms with Crippen molar-refractivity contribution in [2.75, 3.05) is 4.31 Å². The maximum Gasteiger partial charge on any atom is 0.445 e. The second kappa shape index (κ2) is 8.23. The lowest BCUT2D eigenvalue weighted by molar-refractivity contribution is -0.137. The molecule has 1 heterocycles. The van der Waals surface area contributed by atoms with Gasteiger partial charge in [-0.15, -0.1) is 0 Å². The summed E-state index contributed by atoms with van der Waals surface area (Å²) in [5.41, 5.74) is -0.543. The predicted octanol–water partition coefficient (Wildman–Crippen LogP) is 4.01. The van der Waals surface area contributed by atoms with Gasteiger partial charge in [-0.05, 0) is 29.7 Å². The van der Waals surface area contributed by atoms with Crippen LogP contribution >= 0.6 is 0 Å². The number of anilines is 1. The first-order chi connectivity index (χ1) is 14.1. The number of rotatable bonds is 6. The minimum Gasteiger partial charge on any atom is -0.481 e. The van der Waals surface area contributed by atoms with E-state index in [1.54, 1.807) is 30.3 Å². The predicted molar refractivity (Wildman–Crippen MR) is 104 cm³/mol. The average Bonchev–Trinajstić information content (AvgIpc) is 2.70. The van der Waals surface area contributed by atoms with Gasteiger partial charge in [-0.3, -0.25) is 4.79 Å². The maximum atomic E-state index is 15.2. The van der Waals surface area contributed by atoms with E-state index in [-0.39, 0.29) is 9.87 Å². The third kappa shape index (κ3) is 4.18. The fourth-order valence-corrected chi connectivity index (χ4v) is 4.16. The summed E-state index contributed by atoms with van der Waals surface area (Å²) < 4.78 is 60.4. The van der Waals surface area contributed by atoms with Crippen LogP contribution in [0.2, 0.25) is 0 Å². The van der Waals surface area contributed by atoms with E-state index >= 15 is 8.78 Å². The standard InChI is InChI=1S/C20H17F2NO6S/c21-20(22)16(10-11-18(24)25)12-15-8-4-5-9-17(15)23(20)30(27,28)19(26)29-13-14-6-2-1-3-7-14/h1-9,12H,10-11,13H2,(H,24,25). The third-order valence-corrected chi connectivity index (χ3v) is 5.83. The quantitative estimate of drug-likeness (QED) is 0.541. The molecule has 0 atom stereocenters. The first-order valence-electron chi connectivity index (χ1n) is 8.80. The van der Waals surface area contributed by atoms with Crippen LogP contribution in [0.5, 0.6) is 0 Å². The van der Waals surface area contributed by atoms with Gasteiger partial charge in [0.05, 0.1) is 5.69 Å². The van der Waals surface area contributed by atoms with Gasteiger partial charge in [0, 0.05) is 12.0 Å². The Morgan fingerprint density at radius 2 is 1.67 bits per heavy atom. The zero-order chi connectivity index (χ0) is 21.9. The number of carboxylic acids is 1. The van der Waals surface area contributed by atoms with Gasteiger partial charge in [-0.25, -0.2) is 4.79 Å². The van der Waals surface area contributed by atoms with Crippen LogP contribution in [-0.4, -0.2) is 30.8 Å². The zero-order valence-electron chi connectivity index (χ0n) is 15.5. The van der Waals surface area contributed by atoms with Gasteiger partial charge in [0.2, 0.25) is 0 Å². The van der Waals surface area contributed by atoms with Crippen LogP contribution in [0.1, 0.15) is 24.0 Å². The van der Waals surface area contributed by atoms with E-state index in [1.807, 2.05) is 0 Å². The van der Waals surface area contributed by atoms with Gasteiger partial charge in [-0.2, -0.15) is 21.5 Å². The van der Waals surface area contributed by atoms with Gasteiger partial charge in [0.25, 0.3) is 0 Å². The van der Waals surface area contributed by atoms with Crippen molar-refractivity contribution >= 4 is 33.1 Å². The summed E-state index contributed by atoms with van der Waals surface area (Å²) in [6, 6.07) is 9.40. The minimum atomic E-state index is -5.29. The number of para-hydroxylation sites is 1. The molecular weight excluding hydrogens is 420 g/mol. The molecule has 0 fully saturated rings. The van der Waals surface area contributed by atoms with Crippen LogP contribution in [0.25, 0.3) is 6.08 Å². The van der Waals surface area contributed by atoms with E-state index in [1.165, 1.54) is 18.2 Å². The molecule has 0 amide bonds. The van der Waals surface area contributed by atoms with Gasteiger partial charge < -0.3 is 9.84 Å². The van der Waals surface area contributed by atoms with E-state index in [0.29, 0.717) is 5.56 Å². The fourth-order valence-electron chi connectivity index (χ4n) is 2.96. The first kappa shape index (κ1) is 21.4. The van der Waals surface area contributed by atoms with E-state index in [4.69, 9.17) is 9.84 Å². The van der Waals surface area contributed by atoms with Gasteiger partial charge in [0.1, 0.15) is 6.61 Å². The molecule has 0 spiro atoms. The highest BCUT2D eigenvalue weighted by Gasteiger charge is 2.53. The van der Waals surface area contributed by atoms with Crippen molar-refractivity contribution in [1.82, 2.24) is 0 Å². The number of fused-ring (bicyclic) bond motifs is 1. The Kier molecular flexibility index (Phi) is 5.88. The summed E-state index contributed by atoms with van der Waals surface area (Å²) in [6.07, 6.45) is -0.183. The summed E-state index contributed by atoms with van der Waals surface area (Å²) in [4.78, 5) is 23.1. The highest BCUT2D eigenvalue weighted by Crippen LogP contribution is 2.45. The molecule has 0 aromatic heterocycles. The van der Waals surface area contributed by atoms with Crippen LogP contribution in [0.4, 0.5) is 19.3 Å². The Balaban J connectivity index is 1.96. The number of carboxylic acid groups (broad SMARTS) is 1. The fraction of sp³-hybridized carbons (Fsp3) is 0.200. The van der Waals surface area contributed by atoms with Crippen molar-refractivity contribution in [1.29, 1.82) is 0 Å². The molecule has 0 aliphatic carbocycles. The molecule has 10 heteroatoms. The molecule has 0 saturated carbocycles. The number of hydrogen-bond acceptors (Lipinski definition) is 5. The number of sulfonamides is 1. The van der Waals surface area contributed by atoms with Gasteiger partial charge >= 0.3 is 27.3 Å². The molecule has 30 heavy (non-hydrogen) atoms. The first-order valence-corrected chi connectivity index (χ1v) is 10.2. The molecule has 0 saturated heterocycles. The van der Waals surface area contributed by atoms with Crippen molar-refractivity contribution < 1.29 is 36.6 Å². The number of nitrogens with zero attached hydrogens (tertiary/aromatic N) is 1. The number of hydrogen-bond donors (Lipinski definition) is 1. The number of aliphatic carboxylic acids is 1. The van der Waals surface area contributed by atoms with Gasteiger partial charge in [0.15, 0.2) is 0 Å². The largest absolute Gasteiger partial charge is 0.481 e. The van der Waals surface area contributed by atoms with Gasteiger partial charge in [-0.1, -0.05) is 48.5 Å². The number of carbonyl (C=O) groups is 2. The molecule has 7 nitrogen and oxygen atoms in total. The number of ether oxygens (including phenoxy) is 1. The molecule has 1 aliphatic rings. The highest BCUT2D eigenvalue weighted by molar-refractivity contribution is 8.06. The second-order valence-corrected chi connectivity index (χ2v) is 8.11. The Labute approximate surface area is 171 Å². The molecule has 2 aromatic carbocycles. The van der Waals surface area contributed by atoms with Crippen molar-refractivity contribution in [3.8, 4) is 0 Å². The monoisotopic (exact) mass is 437 g/mol. The van der Waals surface area contributed by atoms with Crippen LogP contribution in [0.15, 0.2) is 60.2 Å². The van der Waals surface area contributed by atoms with Crippen LogP contribution < -0.4 is 4.31 Å². The number of alkyl halides is 2. The molecule has 2 aromatic rings. The Morgan fingerprint density at radius 1 is 1.03 bits per heavy atom. The van der Waals surface area contributed by atoms with E-state index in [2.05, 4.69) is 0 Å². The molecule has 158 valence electrons. The SMILES string of the molecule is O=C(O)CCC1=Cc2ccccc2N(S(=O)(=O)C(=O)OCc2ccccc2)C1(F)F. The van der Waals surface area contributed by atoms with E-state index < -0.39 is 58.0 Å². The molecular formula is C20H17F2NO6S. The van der Waals surface area contributed by atoms with Crippen LogP contribution in [-0.2, 0) is 26.2 Å². The average molecular weight is 437 g/mol. The summed E-state index contributed by atoms with van der Waals surface area (Å²) in [7, 11) is -5.29. The molecule has 3 rings (SSSR count). The number of halogens is 2. The zero-order valence-corrected chi connectivity index (χ0v) is 16.3. The topological polar surface area (TPSA) is 101 Å². The van der Waals surface area contributed by atoms with Crippen molar-refractivity contribution in [2.45, 2.75) is 25.5 Å². The van der Waals surface area contributed by atoms with E-state index in [9.17, 15) is 18.0 Å². The summed E-state index contributed by atoms with van der Waals surface area (Å²) in [6.45, 7) is -0.415. The molecule has 0 radical (unpaired) electrons. The smallest absolute Gasteiger partial charge is 0.445 e. The van der Waals surface area contributed by atoms with E-state index in [0.717, 1.165) is 12.1 Å². The molecule has 1 N–H and O–H groups in total. The maximum absolute atomic E-state index is 15.2. The lowest BCUT2D eigenvalue weighted by Gasteiger charge is -2.36.